The summed E-state index contributed by atoms with van der Waals surface area (Å²) in [5, 5.41) is 8.87. The van der Waals surface area contributed by atoms with Gasteiger partial charge in [-0.2, -0.15) is 5.26 Å². The van der Waals surface area contributed by atoms with E-state index in [4.69, 9.17) is 10.00 Å². The molecule has 0 bridgehead atoms. The van der Waals surface area contributed by atoms with Gasteiger partial charge < -0.3 is 4.74 Å². The van der Waals surface area contributed by atoms with Crippen LogP contribution in [0.2, 0.25) is 0 Å². The number of ether oxygens (including phenoxy) is 1. The molecule has 0 saturated heterocycles. The van der Waals surface area contributed by atoms with Gasteiger partial charge in [-0.15, -0.1) is 0 Å². The van der Waals surface area contributed by atoms with Crippen molar-refractivity contribution in [3.8, 4) is 11.8 Å². The number of benzene rings is 1. The number of halogens is 1. The predicted octanol–water partition coefficient (Wildman–Crippen LogP) is 3.79. The van der Waals surface area contributed by atoms with E-state index >= 15 is 0 Å². The minimum atomic E-state index is 0.412. The van der Waals surface area contributed by atoms with E-state index in [0.29, 0.717) is 6.42 Å². The number of hydrogen-bond acceptors (Lipinski definition) is 2. The molecule has 1 aliphatic carbocycles. The van der Waals surface area contributed by atoms with Crippen LogP contribution in [-0.2, 0) is 19.3 Å². The number of nitrogens with zero attached hydrogens (tertiary/aromatic N) is 1. The Labute approximate surface area is 111 Å². The van der Waals surface area contributed by atoms with E-state index < -0.39 is 0 Å². The molecule has 0 fully saturated rings. The van der Waals surface area contributed by atoms with E-state index in [9.17, 15) is 0 Å². The molecule has 0 radical (unpaired) electrons. The summed E-state index contributed by atoms with van der Waals surface area (Å²) in [4.78, 5) is 0. The molecule has 1 aliphatic rings. The highest BCUT2D eigenvalue weighted by Gasteiger charge is 2.18. The molecule has 0 aromatic heterocycles. The van der Waals surface area contributed by atoms with E-state index in [0.717, 1.165) is 28.6 Å². The van der Waals surface area contributed by atoms with Gasteiger partial charge in [-0.3, -0.25) is 0 Å². The highest BCUT2D eigenvalue weighted by Crippen LogP contribution is 2.37. The van der Waals surface area contributed by atoms with E-state index in [1.165, 1.54) is 30.4 Å². The Bertz CT molecular complexity index is 459. The maximum atomic E-state index is 8.87. The summed E-state index contributed by atoms with van der Waals surface area (Å²) in [5.74, 6) is 0.840. The number of aryl methyl sites for hydroxylation is 1. The van der Waals surface area contributed by atoms with Crippen LogP contribution in [0.3, 0.4) is 0 Å². The molecule has 0 heterocycles. The second-order valence-corrected chi connectivity index (χ2v) is 5.21. The van der Waals surface area contributed by atoms with Crippen LogP contribution in [0.5, 0.6) is 5.75 Å². The molecule has 0 aliphatic heterocycles. The highest BCUT2D eigenvalue weighted by atomic mass is 79.9. The van der Waals surface area contributed by atoms with E-state index in [2.05, 4.69) is 28.1 Å². The second-order valence-electron chi connectivity index (χ2n) is 4.42. The molecule has 90 valence electrons. The van der Waals surface area contributed by atoms with Gasteiger partial charge in [0.25, 0.3) is 0 Å². The number of hydrogen-bond donors (Lipinski definition) is 0. The molecule has 0 unspecified atom stereocenters. The van der Waals surface area contributed by atoms with Gasteiger partial charge in [0, 0.05) is 5.56 Å². The zero-order chi connectivity index (χ0) is 12.3. The van der Waals surface area contributed by atoms with Gasteiger partial charge in [0.15, 0.2) is 0 Å². The number of nitriles is 1. The van der Waals surface area contributed by atoms with Gasteiger partial charge >= 0.3 is 0 Å². The van der Waals surface area contributed by atoms with Crippen molar-refractivity contribution in [1.82, 2.24) is 0 Å². The summed E-state index contributed by atoms with van der Waals surface area (Å²) in [6.45, 7) is 0. The van der Waals surface area contributed by atoms with Crippen LogP contribution >= 0.6 is 15.9 Å². The Morgan fingerprint density at radius 1 is 1.35 bits per heavy atom. The average Bonchev–Trinajstić information content (AvgIpc) is 2.55. The van der Waals surface area contributed by atoms with Crippen LogP contribution in [0.15, 0.2) is 10.5 Å². The van der Waals surface area contributed by atoms with Crippen molar-refractivity contribution in [2.75, 3.05) is 7.11 Å². The fraction of sp³-hybridized carbons (Fsp3) is 0.500. The zero-order valence-electron chi connectivity index (χ0n) is 10.1. The molecule has 0 atom stereocenters. The van der Waals surface area contributed by atoms with E-state index in [1.54, 1.807) is 7.11 Å². The lowest BCUT2D eigenvalue weighted by Gasteiger charge is -2.15. The summed E-state index contributed by atoms with van der Waals surface area (Å²) >= 11 is 3.65. The van der Waals surface area contributed by atoms with Crippen molar-refractivity contribution >= 4 is 15.9 Å². The third-order valence-electron chi connectivity index (χ3n) is 3.34. The fourth-order valence-corrected chi connectivity index (χ4v) is 3.38. The zero-order valence-corrected chi connectivity index (χ0v) is 11.6. The first kappa shape index (κ1) is 12.4. The summed E-state index contributed by atoms with van der Waals surface area (Å²) < 4.78 is 6.50. The van der Waals surface area contributed by atoms with Gasteiger partial charge in [-0.05, 0) is 52.7 Å². The van der Waals surface area contributed by atoms with Crippen molar-refractivity contribution < 1.29 is 4.74 Å². The average molecular weight is 294 g/mol. The Morgan fingerprint density at radius 2 is 2.12 bits per heavy atom. The largest absolute Gasteiger partial charge is 0.495 e. The maximum Gasteiger partial charge on any atom is 0.137 e. The molecule has 3 heteroatoms. The van der Waals surface area contributed by atoms with Crippen LogP contribution in [0, 0.1) is 11.3 Å². The molecule has 1 aromatic carbocycles. The van der Waals surface area contributed by atoms with Crippen LogP contribution in [0.1, 0.15) is 36.0 Å². The first-order valence-corrected chi connectivity index (χ1v) is 6.81. The summed E-state index contributed by atoms with van der Waals surface area (Å²) in [5.41, 5.74) is 3.77. The molecule has 17 heavy (non-hydrogen) atoms. The predicted molar refractivity (Wildman–Crippen MR) is 71.3 cm³/mol. The lowest BCUT2D eigenvalue weighted by Crippen LogP contribution is -2.00. The molecule has 0 N–H and O–H groups in total. The molecular formula is C14H16BrNO. The molecular weight excluding hydrogens is 278 g/mol. The van der Waals surface area contributed by atoms with Crippen LogP contribution in [-0.4, -0.2) is 7.11 Å². The quantitative estimate of drug-likeness (QED) is 0.777. The van der Waals surface area contributed by atoms with E-state index in [-0.39, 0.29) is 0 Å². The minimum absolute atomic E-state index is 0.412. The number of fused-ring (bicyclic) bond motifs is 1. The number of rotatable bonds is 2. The van der Waals surface area contributed by atoms with Crippen molar-refractivity contribution in [2.24, 2.45) is 0 Å². The lowest BCUT2D eigenvalue weighted by molar-refractivity contribution is 0.407. The third kappa shape index (κ3) is 2.47. The minimum Gasteiger partial charge on any atom is -0.495 e. The van der Waals surface area contributed by atoms with Gasteiger partial charge in [-0.25, -0.2) is 0 Å². The third-order valence-corrected chi connectivity index (χ3v) is 4.18. The first-order chi connectivity index (χ1) is 8.27. The van der Waals surface area contributed by atoms with Crippen molar-refractivity contribution in [3.63, 3.8) is 0 Å². The van der Waals surface area contributed by atoms with Crippen LogP contribution in [0.4, 0.5) is 0 Å². The molecule has 0 amide bonds. The second kappa shape index (κ2) is 5.55. The molecule has 1 aromatic rings. The Hall–Kier alpha value is -1.01. The Morgan fingerprint density at radius 3 is 2.82 bits per heavy atom. The summed E-state index contributed by atoms with van der Waals surface area (Å²) in [7, 11) is 1.67. The van der Waals surface area contributed by atoms with Crippen molar-refractivity contribution in [1.29, 1.82) is 5.26 Å². The van der Waals surface area contributed by atoms with E-state index in [1.807, 2.05) is 0 Å². The SMILES string of the molecule is COc1c(CC#N)cc2c(c1Br)CCCCC2. The van der Waals surface area contributed by atoms with Crippen LogP contribution < -0.4 is 4.74 Å². The Kier molecular flexibility index (Phi) is 4.06. The number of methoxy groups -OCH3 is 1. The highest BCUT2D eigenvalue weighted by molar-refractivity contribution is 9.10. The van der Waals surface area contributed by atoms with Crippen molar-refractivity contribution in [2.45, 2.75) is 38.5 Å². The summed E-state index contributed by atoms with van der Waals surface area (Å²) in [6, 6.07) is 4.37. The maximum absolute atomic E-state index is 8.87. The molecule has 0 spiro atoms. The van der Waals surface area contributed by atoms with Crippen molar-refractivity contribution in [3.05, 3.63) is 27.2 Å². The molecule has 0 saturated carbocycles. The van der Waals surface area contributed by atoms with Gasteiger partial charge in [0.2, 0.25) is 0 Å². The standard InChI is InChI=1S/C14H16BrNO/c1-17-14-11(7-8-16)9-10-5-3-2-4-6-12(10)13(14)15/h9H,2-7H2,1H3. The first-order valence-electron chi connectivity index (χ1n) is 6.02. The smallest absolute Gasteiger partial charge is 0.137 e. The molecule has 2 rings (SSSR count). The lowest BCUT2D eigenvalue weighted by atomic mass is 9.98. The molecule has 2 nitrogen and oxygen atoms in total. The van der Waals surface area contributed by atoms with Gasteiger partial charge in [0.1, 0.15) is 5.75 Å². The topological polar surface area (TPSA) is 33.0 Å². The van der Waals surface area contributed by atoms with Gasteiger partial charge in [-0.1, -0.05) is 12.5 Å². The normalized spacial score (nSPS) is 14.6. The van der Waals surface area contributed by atoms with Crippen LogP contribution in [0.25, 0.3) is 0 Å². The fourth-order valence-electron chi connectivity index (χ4n) is 2.51. The summed E-state index contributed by atoms with van der Waals surface area (Å²) in [6.07, 6.45) is 6.42. The van der Waals surface area contributed by atoms with Gasteiger partial charge in [0.05, 0.1) is 24.1 Å². The Balaban J connectivity index is 2.54. The monoisotopic (exact) mass is 293 g/mol.